The summed E-state index contributed by atoms with van der Waals surface area (Å²) in [5.41, 5.74) is 10.6. The topological polar surface area (TPSA) is 118 Å². The summed E-state index contributed by atoms with van der Waals surface area (Å²) in [6.45, 7) is 9.50. The van der Waals surface area contributed by atoms with Gasteiger partial charge in [0.25, 0.3) is 5.91 Å². The van der Waals surface area contributed by atoms with Gasteiger partial charge in [0.05, 0.1) is 38.6 Å². The highest BCUT2D eigenvalue weighted by Crippen LogP contribution is 2.43. The number of halogens is 3. The SMILES string of the molecule is COc1cc(CN2CCOCC2)cc(OC)c1-c1cccc2c(CCC(=O)O)cccc12.Cc1cc(N2CCN(C)CC2)cc(F)c1C(N)=O.FC(F)P. The summed E-state index contributed by atoms with van der Waals surface area (Å²) < 4.78 is 51.6. The van der Waals surface area contributed by atoms with Crippen LogP contribution in [-0.4, -0.2) is 107 Å². The summed E-state index contributed by atoms with van der Waals surface area (Å²) in [5, 5.41) is 11.2. The molecule has 0 radical (unpaired) electrons. The highest BCUT2D eigenvalue weighted by atomic mass is 31.0. The lowest BCUT2D eigenvalue weighted by molar-refractivity contribution is -0.136. The molecule has 1 amide bonds. The normalized spacial score (nSPS) is 14.9. The molecule has 4 aromatic carbocycles. The molecule has 0 aromatic heterocycles. The Labute approximate surface area is 317 Å². The van der Waals surface area contributed by atoms with Crippen molar-refractivity contribution in [3.8, 4) is 22.6 Å². The number of morpholine rings is 1. The molecule has 4 aromatic rings. The summed E-state index contributed by atoms with van der Waals surface area (Å²) in [6, 6.07) is 19.5. The molecule has 0 saturated carbocycles. The Morgan fingerprint density at radius 2 is 1.52 bits per heavy atom. The highest BCUT2D eigenvalue weighted by Gasteiger charge is 2.21. The molecule has 2 aliphatic heterocycles. The fraction of sp³-hybridized carbons (Fsp3) is 0.400. The summed E-state index contributed by atoms with van der Waals surface area (Å²) in [4.78, 5) is 29.0. The van der Waals surface area contributed by atoms with Crippen molar-refractivity contribution in [2.75, 3.05) is 78.6 Å². The van der Waals surface area contributed by atoms with E-state index in [1.54, 1.807) is 21.1 Å². The number of hydrogen-bond donors (Lipinski definition) is 2. The van der Waals surface area contributed by atoms with Crippen molar-refractivity contribution >= 4 is 37.6 Å². The van der Waals surface area contributed by atoms with Gasteiger partial charge >= 0.3 is 5.97 Å². The van der Waals surface area contributed by atoms with Crippen LogP contribution in [0.1, 0.15) is 33.5 Å². The monoisotopic (exact) mass is 770 g/mol. The standard InChI is InChI=1S/C26H29NO5.C13H18FN3O.CH3F2P/c1-30-23-15-18(17-27-11-13-32-14-12-27)16-24(31-2)26(23)22-8-4-6-20-19(9-10-25(28)29)5-3-7-21(20)22;1-9-7-10(8-11(14)12(9)13(15)18)17-5-3-16(2)4-6-17;2-1(3)4/h3-8,15-16H,9-14,17H2,1-2H3,(H,28,29);7-8H,3-6H2,1-2H3,(H2,15,18);1H,4H2. The predicted molar refractivity (Wildman–Crippen MR) is 210 cm³/mol. The third kappa shape index (κ3) is 11.5. The second kappa shape index (κ2) is 20.3. The Kier molecular flexibility index (Phi) is 15.9. The van der Waals surface area contributed by atoms with Crippen LogP contribution < -0.4 is 20.1 Å². The summed E-state index contributed by atoms with van der Waals surface area (Å²) in [5.74, 6) is -0.518. The van der Waals surface area contributed by atoms with Gasteiger partial charge in [-0.15, -0.1) is 0 Å². The number of anilines is 1. The number of nitrogens with two attached hydrogens (primary N) is 1. The number of fused-ring (bicyclic) bond motifs is 1. The maximum absolute atomic E-state index is 13.9. The number of nitrogens with zero attached hydrogens (tertiary/aromatic N) is 3. The van der Waals surface area contributed by atoms with E-state index in [-0.39, 0.29) is 12.0 Å². The van der Waals surface area contributed by atoms with E-state index in [1.807, 2.05) is 30.3 Å². The molecule has 3 N–H and O–H groups in total. The molecule has 1 atom stereocenters. The fourth-order valence-corrected chi connectivity index (χ4v) is 6.68. The van der Waals surface area contributed by atoms with Crippen LogP contribution in [0, 0.1) is 12.7 Å². The number of aryl methyl sites for hydroxylation is 2. The van der Waals surface area contributed by atoms with E-state index in [9.17, 15) is 22.8 Å². The van der Waals surface area contributed by atoms with Crippen molar-refractivity contribution in [2.24, 2.45) is 5.73 Å². The number of piperazine rings is 1. The Morgan fingerprint density at radius 1 is 0.926 bits per heavy atom. The first-order valence-corrected chi connectivity index (χ1v) is 18.3. The third-order valence-electron chi connectivity index (χ3n) is 9.35. The number of hydrogen-bond acceptors (Lipinski definition) is 8. The quantitative estimate of drug-likeness (QED) is 0.176. The zero-order valence-corrected chi connectivity index (χ0v) is 32.4. The number of alkyl halides is 2. The summed E-state index contributed by atoms with van der Waals surface area (Å²) >= 11 is 0. The van der Waals surface area contributed by atoms with Crippen molar-refractivity contribution in [1.29, 1.82) is 0 Å². The number of benzene rings is 4. The molecule has 0 bridgehead atoms. The van der Waals surface area contributed by atoms with E-state index in [0.717, 1.165) is 109 Å². The number of aliphatic carboxylic acids is 1. The number of amides is 1. The maximum Gasteiger partial charge on any atom is 0.303 e. The van der Waals surface area contributed by atoms with Crippen molar-refractivity contribution in [3.05, 3.63) is 88.7 Å². The average Bonchev–Trinajstić information content (AvgIpc) is 3.13. The van der Waals surface area contributed by atoms with Gasteiger partial charge in [0.15, 0.2) is 0 Å². The number of primary amides is 1. The number of ether oxygens (including phenoxy) is 3. The smallest absolute Gasteiger partial charge is 0.303 e. The van der Waals surface area contributed by atoms with Crippen LogP contribution in [0.15, 0.2) is 60.7 Å². The largest absolute Gasteiger partial charge is 0.496 e. The van der Waals surface area contributed by atoms with Gasteiger partial charge in [-0.25, -0.2) is 13.2 Å². The fourth-order valence-electron chi connectivity index (χ4n) is 6.68. The van der Waals surface area contributed by atoms with E-state index in [1.165, 1.54) is 15.3 Å². The van der Waals surface area contributed by atoms with Crippen LogP contribution >= 0.6 is 9.24 Å². The minimum Gasteiger partial charge on any atom is -0.496 e. The van der Waals surface area contributed by atoms with Crippen LogP contribution in [0.4, 0.5) is 18.9 Å². The molecule has 6 rings (SSSR count). The minimum absolute atomic E-state index is 0.00659. The molecule has 1 unspecified atom stereocenters. The molecule has 0 aliphatic carbocycles. The Hall–Kier alpha value is -4.42. The van der Waals surface area contributed by atoms with Gasteiger partial charge in [-0.1, -0.05) is 45.6 Å². The number of carboxylic acid groups (broad SMARTS) is 1. The molecule has 2 aliphatic rings. The van der Waals surface area contributed by atoms with Gasteiger partial charge in [0, 0.05) is 57.9 Å². The molecule has 2 saturated heterocycles. The lowest BCUT2D eigenvalue weighted by Crippen LogP contribution is -2.44. The van der Waals surface area contributed by atoms with Gasteiger partial charge in [0.1, 0.15) is 17.3 Å². The molecule has 292 valence electrons. The lowest BCUT2D eigenvalue weighted by atomic mass is 9.92. The van der Waals surface area contributed by atoms with Gasteiger partial charge in [-0.2, -0.15) is 0 Å². The number of methoxy groups -OCH3 is 2. The maximum atomic E-state index is 13.9. The van der Waals surface area contributed by atoms with Gasteiger partial charge in [-0.05, 0) is 77.7 Å². The Balaban J connectivity index is 0.000000248. The predicted octanol–water partition coefficient (Wildman–Crippen LogP) is 6.44. The lowest BCUT2D eigenvalue weighted by Gasteiger charge is -2.34. The molecular formula is C40H50F3N4O6P. The number of carbonyl (C=O) groups excluding carboxylic acids is 1. The molecule has 10 nitrogen and oxygen atoms in total. The van der Waals surface area contributed by atoms with Crippen LogP contribution in [0.25, 0.3) is 21.9 Å². The highest BCUT2D eigenvalue weighted by molar-refractivity contribution is 7.16. The minimum atomic E-state index is -2.25. The zero-order valence-electron chi connectivity index (χ0n) is 31.2. The first kappa shape index (κ1) is 42.3. The third-order valence-corrected chi connectivity index (χ3v) is 9.35. The molecule has 2 fully saturated rings. The van der Waals surface area contributed by atoms with Crippen LogP contribution in [0.5, 0.6) is 11.5 Å². The summed E-state index contributed by atoms with van der Waals surface area (Å²) in [7, 11) is 6.75. The average molecular weight is 771 g/mol. The summed E-state index contributed by atoms with van der Waals surface area (Å²) in [6.07, 6.45) is -1.66. The van der Waals surface area contributed by atoms with Gasteiger partial charge < -0.3 is 34.9 Å². The van der Waals surface area contributed by atoms with E-state index in [4.69, 9.17) is 25.1 Å². The van der Waals surface area contributed by atoms with Crippen molar-refractivity contribution in [1.82, 2.24) is 9.80 Å². The number of carboxylic acids is 1. The van der Waals surface area contributed by atoms with E-state index < -0.39 is 23.9 Å². The first-order valence-electron chi connectivity index (χ1n) is 17.7. The van der Waals surface area contributed by atoms with Gasteiger partial charge in [-0.3, -0.25) is 14.5 Å². The van der Waals surface area contributed by atoms with Crippen LogP contribution in [0.2, 0.25) is 0 Å². The molecule has 0 spiro atoms. The van der Waals surface area contributed by atoms with Gasteiger partial charge in [0.2, 0.25) is 6.17 Å². The molecular weight excluding hydrogens is 720 g/mol. The first-order chi connectivity index (χ1) is 25.8. The van der Waals surface area contributed by atoms with E-state index in [0.29, 0.717) is 12.0 Å². The number of likely N-dealkylation sites (N-methyl/N-ethyl adjacent to an activating group) is 1. The van der Waals surface area contributed by atoms with Crippen LogP contribution in [-0.2, 0) is 22.5 Å². The van der Waals surface area contributed by atoms with Crippen molar-refractivity contribution in [3.63, 3.8) is 0 Å². The molecule has 54 heavy (non-hydrogen) atoms. The van der Waals surface area contributed by atoms with Crippen molar-refractivity contribution in [2.45, 2.75) is 32.5 Å². The number of rotatable bonds is 10. The Bertz CT molecular complexity index is 1830. The Morgan fingerprint density at radius 3 is 2.07 bits per heavy atom. The second-order valence-electron chi connectivity index (χ2n) is 13.1. The molecule has 2 heterocycles. The number of carbonyl (C=O) groups is 2. The second-order valence-corrected chi connectivity index (χ2v) is 13.6. The zero-order chi connectivity index (χ0) is 39.4. The van der Waals surface area contributed by atoms with Crippen LogP contribution in [0.3, 0.4) is 0 Å². The van der Waals surface area contributed by atoms with Crippen molar-refractivity contribution < 1.29 is 42.1 Å². The van der Waals surface area contributed by atoms with E-state index >= 15 is 0 Å². The van der Waals surface area contributed by atoms with E-state index in [2.05, 4.69) is 46.0 Å². The molecule has 14 heteroatoms.